The Balaban J connectivity index is 2.35. The summed E-state index contributed by atoms with van der Waals surface area (Å²) >= 11 is 0. The number of aromatic nitrogens is 1. The number of anilines is 1. The van der Waals surface area contributed by atoms with E-state index in [1.54, 1.807) is 12.1 Å². The first-order valence-electron chi connectivity index (χ1n) is 5.50. The number of nitrogens with zero attached hydrogens (tertiary/aromatic N) is 2. The number of nitrogens with two attached hydrogens (primary N) is 1. The fraction of sp³-hybridized carbons (Fsp3) is 0.500. The maximum atomic E-state index is 8.74. The standard InChI is InChI=1S/C12H17N3O2/c1-9(2)8-16-5-6-17-12-4-3-10(14)11(7-13)15-12/h3-4,9H,5-6,8,14H2,1-2H3. The van der Waals surface area contributed by atoms with Crippen LogP contribution in [-0.4, -0.2) is 24.8 Å². The Morgan fingerprint density at radius 1 is 1.41 bits per heavy atom. The lowest BCUT2D eigenvalue weighted by Crippen LogP contribution is -2.11. The summed E-state index contributed by atoms with van der Waals surface area (Å²) < 4.78 is 10.7. The minimum atomic E-state index is 0.186. The van der Waals surface area contributed by atoms with E-state index in [0.29, 0.717) is 37.3 Å². The van der Waals surface area contributed by atoms with Crippen molar-refractivity contribution in [2.45, 2.75) is 13.8 Å². The molecule has 0 fully saturated rings. The number of nitriles is 1. The van der Waals surface area contributed by atoms with E-state index in [9.17, 15) is 0 Å². The Morgan fingerprint density at radius 3 is 2.82 bits per heavy atom. The van der Waals surface area contributed by atoms with Crippen LogP contribution in [0.25, 0.3) is 0 Å². The first kappa shape index (κ1) is 13.3. The van der Waals surface area contributed by atoms with Crippen LogP contribution in [0.15, 0.2) is 12.1 Å². The van der Waals surface area contributed by atoms with Gasteiger partial charge in [0.25, 0.3) is 0 Å². The molecule has 2 N–H and O–H groups in total. The molecule has 0 atom stereocenters. The SMILES string of the molecule is CC(C)COCCOc1ccc(N)c(C#N)n1. The van der Waals surface area contributed by atoms with Crippen molar-refractivity contribution >= 4 is 5.69 Å². The zero-order chi connectivity index (χ0) is 12.7. The molecule has 0 saturated carbocycles. The van der Waals surface area contributed by atoms with Crippen molar-refractivity contribution in [1.82, 2.24) is 4.98 Å². The van der Waals surface area contributed by atoms with Crippen LogP contribution in [0.1, 0.15) is 19.5 Å². The van der Waals surface area contributed by atoms with E-state index in [0.717, 1.165) is 0 Å². The second-order valence-corrected chi connectivity index (χ2v) is 4.02. The molecule has 0 aliphatic carbocycles. The summed E-state index contributed by atoms with van der Waals surface area (Å²) in [6.45, 7) is 5.80. The number of pyridine rings is 1. The fourth-order valence-corrected chi connectivity index (χ4v) is 1.15. The van der Waals surface area contributed by atoms with Crippen molar-refractivity contribution < 1.29 is 9.47 Å². The lowest BCUT2D eigenvalue weighted by atomic mass is 10.2. The number of nitrogen functional groups attached to an aromatic ring is 1. The lowest BCUT2D eigenvalue weighted by Gasteiger charge is -2.08. The maximum Gasteiger partial charge on any atom is 0.214 e. The highest BCUT2D eigenvalue weighted by atomic mass is 16.5. The highest BCUT2D eigenvalue weighted by Gasteiger charge is 2.02. The number of hydrogen-bond donors (Lipinski definition) is 1. The molecule has 0 unspecified atom stereocenters. The summed E-state index contributed by atoms with van der Waals surface area (Å²) in [4.78, 5) is 3.96. The molecule has 1 heterocycles. The Morgan fingerprint density at radius 2 is 2.18 bits per heavy atom. The third kappa shape index (κ3) is 4.70. The topological polar surface area (TPSA) is 81.2 Å². The van der Waals surface area contributed by atoms with Gasteiger partial charge in [0.2, 0.25) is 5.88 Å². The fourth-order valence-electron chi connectivity index (χ4n) is 1.15. The lowest BCUT2D eigenvalue weighted by molar-refractivity contribution is 0.0806. The van der Waals surface area contributed by atoms with Crippen molar-refractivity contribution in [3.05, 3.63) is 17.8 Å². The van der Waals surface area contributed by atoms with Gasteiger partial charge < -0.3 is 15.2 Å². The van der Waals surface area contributed by atoms with E-state index in [2.05, 4.69) is 18.8 Å². The molecule has 0 aliphatic heterocycles. The summed E-state index contributed by atoms with van der Waals surface area (Å²) in [6.07, 6.45) is 0. The predicted molar refractivity (Wildman–Crippen MR) is 64.5 cm³/mol. The third-order valence-corrected chi connectivity index (χ3v) is 1.94. The second kappa shape index (κ2) is 6.71. The van der Waals surface area contributed by atoms with E-state index in [4.69, 9.17) is 20.5 Å². The number of rotatable bonds is 6. The van der Waals surface area contributed by atoms with Crippen LogP contribution in [0, 0.1) is 17.2 Å². The molecule has 0 aromatic carbocycles. The smallest absolute Gasteiger partial charge is 0.214 e. The number of ether oxygens (including phenoxy) is 2. The summed E-state index contributed by atoms with van der Waals surface area (Å²) in [7, 11) is 0. The molecule has 0 bridgehead atoms. The average Bonchev–Trinajstić information content (AvgIpc) is 2.30. The molecule has 5 heteroatoms. The Bertz CT molecular complexity index is 399. The summed E-state index contributed by atoms with van der Waals surface area (Å²) in [5.41, 5.74) is 6.09. The van der Waals surface area contributed by atoms with E-state index < -0.39 is 0 Å². The minimum absolute atomic E-state index is 0.186. The molecule has 5 nitrogen and oxygen atoms in total. The van der Waals surface area contributed by atoms with Gasteiger partial charge in [0, 0.05) is 12.7 Å². The van der Waals surface area contributed by atoms with Crippen molar-refractivity contribution in [1.29, 1.82) is 5.26 Å². The van der Waals surface area contributed by atoms with Gasteiger partial charge in [-0.15, -0.1) is 0 Å². The molecule has 0 radical (unpaired) electrons. The van der Waals surface area contributed by atoms with Gasteiger partial charge in [-0.1, -0.05) is 13.8 Å². The molecule has 0 spiro atoms. The van der Waals surface area contributed by atoms with Crippen LogP contribution >= 0.6 is 0 Å². The molecule has 1 aromatic heterocycles. The normalized spacial score (nSPS) is 10.2. The molecule has 1 rings (SSSR count). The van der Waals surface area contributed by atoms with Crippen molar-refractivity contribution in [3.63, 3.8) is 0 Å². The van der Waals surface area contributed by atoms with E-state index in [-0.39, 0.29) is 5.69 Å². The van der Waals surface area contributed by atoms with Gasteiger partial charge in [0.15, 0.2) is 5.69 Å². The van der Waals surface area contributed by atoms with Crippen LogP contribution in [0.2, 0.25) is 0 Å². The molecule has 92 valence electrons. The van der Waals surface area contributed by atoms with Crippen molar-refractivity contribution in [3.8, 4) is 11.9 Å². The van der Waals surface area contributed by atoms with Crippen LogP contribution in [0.5, 0.6) is 5.88 Å². The van der Waals surface area contributed by atoms with Gasteiger partial charge in [0.05, 0.1) is 12.3 Å². The van der Waals surface area contributed by atoms with E-state index in [1.807, 2.05) is 6.07 Å². The first-order chi connectivity index (χ1) is 8.13. The van der Waals surface area contributed by atoms with Gasteiger partial charge in [0.1, 0.15) is 12.7 Å². The summed E-state index contributed by atoms with van der Waals surface area (Å²) in [6, 6.07) is 5.15. The van der Waals surface area contributed by atoms with Crippen LogP contribution in [0.3, 0.4) is 0 Å². The van der Waals surface area contributed by atoms with Crippen molar-refractivity contribution in [2.75, 3.05) is 25.6 Å². The van der Waals surface area contributed by atoms with Gasteiger partial charge in [-0.25, -0.2) is 4.98 Å². The quantitative estimate of drug-likeness (QED) is 0.757. The highest BCUT2D eigenvalue weighted by molar-refractivity contribution is 5.50. The van der Waals surface area contributed by atoms with Crippen molar-refractivity contribution in [2.24, 2.45) is 5.92 Å². The van der Waals surface area contributed by atoms with Gasteiger partial charge in [-0.2, -0.15) is 5.26 Å². The summed E-state index contributed by atoms with van der Waals surface area (Å²) in [5.74, 6) is 0.902. The molecule has 17 heavy (non-hydrogen) atoms. The monoisotopic (exact) mass is 235 g/mol. The van der Waals surface area contributed by atoms with Gasteiger partial charge in [-0.05, 0) is 12.0 Å². The highest BCUT2D eigenvalue weighted by Crippen LogP contribution is 2.13. The average molecular weight is 235 g/mol. The van der Waals surface area contributed by atoms with Gasteiger partial charge >= 0.3 is 0 Å². The molecular formula is C12H17N3O2. The van der Waals surface area contributed by atoms with Gasteiger partial charge in [-0.3, -0.25) is 0 Å². The van der Waals surface area contributed by atoms with Crippen LogP contribution in [-0.2, 0) is 4.74 Å². The second-order valence-electron chi connectivity index (χ2n) is 4.02. The predicted octanol–water partition coefficient (Wildman–Crippen LogP) is 1.59. The third-order valence-electron chi connectivity index (χ3n) is 1.94. The Hall–Kier alpha value is -1.80. The number of hydrogen-bond acceptors (Lipinski definition) is 5. The summed E-state index contributed by atoms with van der Waals surface area (Å²) in [5, 5.41) is 8.74. The van der Waals surface area contributed by atoms with E-state index in [1.165, 1.54) is 0 Å². The van der Waals surface area contributed by atoms with Crippen LogP contribution in [0.4, 0.5) is 5.69 Å². The molecule has 0 amide bonds. The Kier molecular flexibility index (Phi) is 5.24. The molecule has 0 saturated heterocycles. The maximum absolute atomic E-state index is 8.74. The van der Waals surface area contributed by atoms with E-state index >= 15 is 0 Å². The largest absolute Gasteiger partial charge is 0.475 e. The van der Waals surface area contributed by atoms with Crippen LogP contribution < -0.4 is 10.5 Å². The molecule has 0 aliphatic rings. The first-order valence-corrected chi connectivity index (χ1v) is 5.50. The Labute approximate surface area is 101 Å². The molecular weight excluding hydrogens is 218 g/mol. The zero-order valence-electron chi connectivity index (χ0n) is 10.1. The zero-order valence-corrected chi connectivity index (χ0v) is 10.1. The molecule has 1 aromatic rings. The minimum Gasteiger partial charge on any atom is -0.475 e.